The van der Waals surface area contributed by atoms with Gasteiger partial charge in [0.25, 0.3) is 0 Å². The molecule has 0 aromatic heterocycles. The smallest absolute Gasteiger partial charge is 0.325 e. The molecule has 4 nitrogen and oxygen atoms in total. The average molecular weight is 281 g/mol. The lowest BCUT2D eigenvalue weighted by Crippen LogP contribution is -2.54. The predicted molar refractivity (Wildman–Crippen MR) is 75.9 cm³/mol. The van der Waals surface area contributed by atoms with E-state index in [4.69, 9.17) is 4.74 Å². The third-order valence-electron chi connectivity index (χ3n) is 3.61. The molecule has 19 heavy (non-hydrogen) atoms. The molecule has 2 rings (SSSR count). The highest BCUT2D eigenvalue weighted by molar-refractivity contribution is 7.99. The predicted octanol–water partition coefficient (Wildman–Crippen LogP) is 2.24. The van der Waals surface area contributed by atoms with Crippen molar-refractivity contribution in [3.05, 3.63) is 24.3 Å². The van der Waals surface area contributed by atoms with Gasteiger partial charge < -0.3 is 15.2 Å². The van der Waals surface area contributed by atoms with Crippen molar-refractivity contribution in [2.45, 2.75) is 23.3 Å². The normalized spacial score (nSPS) is 17.8. The molecule has 1 aromatic rings. The van der Waals surface area contributed by atoms with Gasteiger partial charge >= 0.3 is 5.97 Å². The summed E-state index contributed by atoms with van der Waals surface area (Å²) in [6, 6.07) is 7.70. The van der Waals surface area contributed by atoms with Gasteiger partial charge in [-0.15, -0.1) is 11.8 Å². The zero-order valence-corrected chi connectivity index (χ0v) is 12.0. The van der Waals surface area contributed by atoms with Crippen LogP contribution in [0.3, 0.4) is 0 Å². The zero-order valence-electron chi connectivity index (χ0n) is 11.2. The van der Waals surface area contributed by atoms with Crippen molar-refractivity contribution in [1.29, 1.82) is 0 Å². The van der Waals surface area contributed by atoms with Crippen molar-refractivity contribution in [2.75, 3.05) is 19.9 Å². The van der Waals surface area contributed by atoms with Crippen molar-refractivity contribution < 1.29 is 14.6 Å². The number of hydrogen-bond acceptors (Lipinski definition) is 4. The fourth-order valence-electron chi connectivity index (χ4n) is 2.20. The Kier molecular flexibility index (Phi) is 4.37. The number of likely N-dealkylation sites (N-methyl/N-ethyl adjacent to an activating group) is 1. The van der Waals surface area contributed by atoms with E-state index in [9.17, 15) is 9.90 Å². The van der Waals surface area contributed by atoms with Crippen LogP contribution in [0, 0.1) is 5.92 Å². The van der Waals surface area contributed by atoms with E-state index >= 15 is 0 Å². The molecule has 0 saturated heterocycles. The second kappa shape index (κ2) is 5.84. The van der Waals surface area contributed by atoms with E-state index in [2.05, 4.69) is 5.32 Å². The average Bonchev–Trinajstić information content (AvgIpc) is 3.25. The van der Waals surface area contributed by atoms with Gasteiger partial charge in [-0.1, -0.05) is 6.07 Å². The van der Waals surface area contributed by atoms with E-state index in [0.717, 1.165) is 23.5 Å². The molecular weight excluding hydrogens is 262 g/mol. The van der Waals surface area contributed by atoms with Crippen molar-refractivity contribution in [3.8, 4) is 5.75 Å². The van der Waals surface area contributed by atoms with Gasteiger partial charge in [-0.05, 0) is 44.0 Å². The van der Waals surface area contributed by atoms with Gasteiger partial charge in [0, 0.05) is 10.6 Å². The Morgan fingerprint density at radius 3 is 2.84 bits per heavy atom. The van der Waals surface area contributed by atoms with Crippen LogP contribution in [0.15, 0.2) is 29.2 Å². The minimum absolute atomic E-state index is 0.244. The van der Waals surface area contributed by atoms with E-state index < -0.39 is 11.5 Å². The molecule has 0 spiro atoms. The second-order valence-corrected chi connectivity index (χ2v) is 5.82. The molecule has 0 radical (unpaired) electrons. The van der Waals surface area contributed by atoms with Gasteiger partial charge in [-0.3, -0.25) is 4.79 Å². The summed E-state index contributed by atoms with van der Waals surface area (Å²) in [6.45, 7) is 0. The van der Waals surface area contributed by atoms with Gasteiger partial charge in [0.2, 0.25) is 0 Å². The van der Waals surface area contributed by atoms with Crippen LogP contribution in [0.25, 0.3) is 0 Å². The van der Waals surface area contributed by atoms with Crippen LogP contribution < -0.4 is 10.1 Å². The summed E-state index contributed by atoms with van der Waals surface area (Å²) >= 11 is 1.55. The Morgan fingerprint density at radius 1 is 1.58 bits per heavy atom. The second-order valence-electron chi connectivity index (χ2n) is 4.77. The third kappa shape index (κ3) is 3.04. The first-order valence-electron chi connectivity index (χ1n) is 6.31. The van der Waals surface area contributed by atoms with E-state index in [0.29, 0.717) is 5.75 Å². The molecule has 1 aliphatic rings. The van der Waals surface area contributed by atoms with Gasteiger partial charge in [0.15, 0.2) is 0 Å². The number of nitrogens with one attached hydrogen (secondary N) is 1. The molecule has 1 fully saturated rings. The van der Waals surface area contributed by atoms with E-state index in [1.165, 1.54) is 0 Å². The number of carbonyl (C=O) groups is 1. The zero-order chi connectivity index (χ0) is 13.9. The van der Waals surface area contributed by atoms with Crippen LogP contribution in [0.4, 0.5) is 0 Å². The summed E-state index contributed by atoms with van der Waals surface area (Å²) < 4.78 is 5.18. The van der Waals surface area contributed by atoms with Crippen molar-refractivity contribution in [3.63, 3.8) is 0 Å². The quantitative estimate of drug-likeness (QED) is 0.751. The maximum atomic E-state index is 11.6. The van der Waals surface area contributed by atoms with Crippen LogP contribution in [-0.4, -0.2) is 36.5 Å². The molecule has 5 heteroatoms. The summed E-state index contributed by atoms with van der Waals surface area (Å²) in [5, 5.41) is 12.5. The number of carboxylic acids is 1. The number of carboxylic acid groups (broad SMARTS) is 1. The number of aliphatic carboxylic acids is 1. The molecule has 1 aliphatic carbocycles. The Bertz CT molecular complexity index is 462. The molecule has 0 aliphatic heterocycles. The number of hydrogen-bond donors (Lipinski definition) is 2. The summed E-state index contributed by atoms with van der Waals surface area (Å²) in [5.74, 6) is 0.805. The molecule has 0 heterocycles. The molecule has 104 valence electrons. The van der Waals surface area contributed by atoms with Gasteiger partial charge in [0.05, 0.1) is 7.11 Å². The summed E-state index contributed by atoms with van der Waals surface area (Å²) in [6.07, 6.45) is 1.98. The Balaban J connectivity index is 2.08. The minimum atomic E-state index is -0.812. The van der Waals surface area contributed by atoms with Gasteiger partial charge in [0.1, 0.15) is 11.3 Å². The van der Waals surface area contributed by atoms with Gasteiger partial charge in [-0.25, -0.2) is 0 Å². The van der Waals surface area contributed by atoms with Crippen LogP contribution in [0.5, 0.6) is 5.75 Å². The van der Waals surface area contributed by atoms with Crippen LogP contribution >= 0.6 is 11.8 Å². The highest BCUT2D eigenvalue weighted by Gasteiger charge is 2.50. The van der Waals surface area contributed by atoms with E-state index in [1.807, 2.05) is 24.3 Å². The molecule has 2 N–H and O–H groups in total. The first kappa shape index (κ1) is 14.2. The molecule has 1 unspecified atom stereocenters. The summed E-state index contributed by atoms with van der Waals surface area (Å²) in [5.41, 5.74) is -0.812. The molecule has 0 amide bonds. The maximum Gasteiger partial charge on any atom is 0.325 e. The first-order chi connectivity index (χ1) is 9.12. The molecular formula is C14H19NO3S. The molecule has 1 saturated carbocycles. The van der Waals surface area contributed by atoms with E-state index in [-0.39, 0.29) is 5.92 Å². The lowest BCUT2D eigenvalue weighted by Gasteiger charge is -2.28. The van der Waals surface area contributed by atoms with Crippen LogP contribution in [-0.2, 0) is 4.79 Å². The Morgan fingerprint density at radius 2 is 2.32 bits per heavy atom. The van der Waals surface area contributed by atoms with E-state index in [1.54, 1.807) is 25.9 Å². The lowest BCUT2D eigenvalue weighted by molar-refractivity contribution is -0.144. The first-order valence-corrected chi connectivity index (χ1v) is 7.30. The molecule has 1 atom stereocenters. The standard InChI is InChI=1S/C14H19NO3S/c1-15-14(13(16)17,10-6-7-10)9-19-12-5-3-4-11(8-12)18-2/h3-5,8,10,15H,6-7,9H2,1-2H3,(H,16,17). The molecule has 1 aromatic carbocycles. The monoisotopic (exact) mass is 281 g/mol. The molecule has 0 bridgehead atoms. The number of rotatable bonds is 7. The Labute approximate surface area is 117 Å². The summed E-state index contributed by atoms with van der Waals surface area (Å²) in [4.78, 5) is 12.6. The van der Waals surface area contributed by atoms with Crippen molar-refractivity contribution in [1.82, 2.24) is 5.32 Å². The van der Waals surface area contributed by atoms with Crippen LogP contribution in [0.1, 0.15) is 12.8 Å². The SMILES string of the molecule is CNC(CSc1cccc(OC)c1)(C(=O)O)C1CC1. The Hall–Kier alpha value is -1.20. The largest absolute Gasteiger partial charge is 0.497 e. The fourth-order valence-corrected chi connectivity index (χ4v) is 3.47. The highest BCUT2D eigenvalue weighted by atomic mass is 32.2. The van der Waals surface area contributed by atoms with Crippen molar-refractivity contribution in [2.24, 2.45) is 5.92 Å². The minimum Gasteiger partial charge on any atom is -0.497 e. The summed E-state index contributed by atoms with van der Waals surface area (Å²) in [7, 11) is 3.36. The number of thioether (sulfide) groups is 1. The number of ether oxygens (including phenoxy) is 1. The third-order valence-corrected chi connectivity index (χ3v) is 4.80. The number of benzene rings is 1. The van der Waals surface area contributed by atoms with Crippen LogP contribution in [0.2, 0.25) is 0 Å². The van der Waals surface area contributed by atoms with Gasteiger partial charge in [-0.2, -0.15) is 0 Å². The maximum absolute atomic E-state index is 11.6. The highest BCUT2D eigenvalue weighted by Crippen LogP contribution is 2.42. The topological polar surface area (TPSA) is 58.6 Å². The number of methoxy groups -OCH3 is 1. The lowest BCUT2D eigenvalue weighted by atomic mass is 9.96. The fraction of sp³-hybridized carbons (Fsp3) is 0.500. The van der Waals surface area contributed by atoms with Crippen molar-refractivity contribution >= 4 is 17.7 Å².